The summed E-state index contributed by atoms with van der Waals surface area (Å²) in [4.78, 5) is 0. The molecule has 0 saturated carbocycles. The lowest BCUT2D eigenvalue weighted by molar-refractivity contribution is 1.55. The van der Waals surface area contributed by atoms with Crippen molar-refractivity contribution >= 4 is 6.08 Å². The van der Waals surface area contributed by atoms with E-state index in [0.717, 1.165) is 5.56 Å². The molecule has 0 radical (unpaired) electrons. The molecule has 0 nitrogen and oxygen atoms in total. The molecule has 4 aromatic rings. The Balaban J connectivity index is 1.89. The summed E-state index contributed by atoms with van der Waals surface area (Å²) in [6, 6.07) is 36.2. The Bertz CT molecular complexity index is 1030. The largest absolute Gasteiger partial charge is 0.0984 e. The molecule has 124 valence electrons. The van der Waals surface area contributed by atoms with E-state index < -0.39 is 0 Å². The highest BCUT2D eigenvalue weighted by Gasteiger charge is 2.10. The van der Waals surface area contributed by atoms with Crippen molar-refractivity contribution in [2.75, 3.05) is 0 Å². The summed E-state index contributed by atoms with van der Waals surface area (Å²) >= 11 is 0. The van der Waals surface area contributed by atoms with Crippen LogP contribution < -0.4 is 0 Å². The normalized spacial score (nSPS) is 10.5. The van der Waals surface area contributed by atoms with Crippen molar-refractivity contribution in [2.24, 2.45) is 0 Å². The third-order valence-corrected chi connectivity index (χ3v) is 4.68. The van der Waals surface area contributed by atoms with Gasteiger partial charge >= 0.3 is 0 Å². The maximum absolute atomic E-state index is 3.98. The van der Waals surface area contributed by atoms with Gasteiger partial charge in [0.25, 0.3) is 0 Å². The van der Waals surface area contributed by atoms with Gasteiger partial charge in [0.15, 0.2) is 0 Å². The van der Waals surface area contributed by atoms with E-state index in [-0.39, 0.29) is 0 Å². The average molecular weight is 332 g/mol. The highest BCUT2D eigenvalue weighted by atomic mass is 14.1. The lowest BCUT2D eigenvalue weighted by atomic mass is 9.90. The van der Waals surface area contributed by atoms with Gasteiger partial charge in [-0.15, -0.1) is 0 Å². The zero-order valence-electron chi connectivity index (χ0n) is 14.6. The average Bonchev–Trinajstić information content (AvgIpc) is 2.74. The fourth-order valence-corrected chi connectivity index (χ4v) is 3.37. The molecular weight excluding hydrogens is 312 g/mol. The minimum atomic E-state index is 1.15. The Morgan fingerprint density at radius 2 is 0.962 bits per heavy atom. The molecule has 0 amide bonds. The molecule has 0 atom stereocenters. The molecule has 4 rings (SSSR count). The van der Waals surface area contributed by atoms with Crippen LogP contribution in [0.3, 0.4) is 0 Å². The smallest absolute Gasteiger partial charge is 0.0105 e. The van der Waals surface area contributed by atoms with E-state index in [1.165, 1.54) is 33.4 Å². The van der Waals surface area contributed by atoms with Gasteiger partial charge in [-0.1, -0.05) is 110 Å². The summed E-state index contributed by atoms with van der Waals surface area (Å²) in [5.41, 5.74) is 8.51. The van der Waals surface area contributed by atoms with Crippen LogP contribution in [0.5, 0.6) is 0 Å². The van der Waals surface area contributed by atoms with E-state index in [4.69, 9.17) is 0 Å². The number of hydrogen-bond acceptors (Lipinski definition) is 0. The first-order valence-corrected chi connectivity index (χ1v) is 8.83. The quantitative estimate of drug-likeness (QED) is 0.367. The van der Waals surface area contributed by atoms with Crippen LogP contribution in [0, 0.1) is 0 Å². The van der Waals surface area contributed by atoms with Crippen molar-refractivity contribution in [3.8, 4) is 33.4 Å². The second kappa shape index (κ2) is 7.25. The molecule has 0 spiro atoms. The molecule has 0 bridgehead atoms. The summed E-state index contributed by atoms with van der Waals surface area (Å²) in [5.74, 6) is 0. The molecule has 0 aliphatic heterocycles. The zero-order valence-corrected chi connectivity index (χ0v) is 14.6. The molecule has 0 unspecified atom stereocenters. The van der Waals surface area contributed by atoms with Gasteiger partial charge in [-0.05, 0) is 45.0 Å². The van der Waals surface area contributed by atoms with Gasteiger partial charge in [-0.2, -0.15) is 0 Å². The molecule has 0 saturated heterocycles. The maximum atomic E-state index is 3.98. The van der Waals surface area contributed by atoms with E-state index in [0.29, 0.717) is 0 Å². The van der Waals surface area contributed by atoms with Crippen LogP contribution in [0.15, 0.2) is 110 Å². The molecule has 0 aromatic heterocycles. The summed E-state index contributed by atoms with van der Waals surface area (Å²) < 4.78 is 0. The molecule has 0 aliphatic rings. The standard InChI is InChI=1S/C26H20/c1-2-20-17-18-23(19-26(20)22-13-7-4-8-14-22)25-16-10-9-15-24(25)21-11-5-3-6-12-21/h2-19H,1H2. The third kappa shape index (κ3) is 3.10. The van der Waals surface area contributed by atoms with E-state index in [9.17, 15) is 0 Å². The van der Waals surface area contributed by atoms with Crippen molar-refractivity contribution < 1.29 is 0 Å². The monoisotopic (exact) mass is 332 g/mol. The Morgan fingerprint density at radius 3 is 1.54 bits per heavy atom. The number of benzene rings is 4. The molecule has 0 N–H and O–H groups in total. The van der Waals surface area contributed by atoms with Crippen molar-refractivity contribution in [3.63, 3.8) is 0 Å². The molecule has 0 heteroatoms. The van der Waals surface area contributed by atoms with E-state index in [2.05, 4.69) is 104 Å². The lowest BCUT2D eigenvalue weighted by Gasteiger charge is -2.13. The first-order chi connectivity index (χ1) is 12.9. The van der Waals surface area contributed by atoms with E-state index >= 15 is 0 Å². The second-order valence-corrected chi connectivity index (χ2v) is 6.28. The van der Waals surface area contributed by atoms with Crippen molar-refractivity contribution in [1.82, 2.24) is 0 Å². The number of hydrogen-bond donors (Lipinski definition) is 0. The molecule has 0 fully saturated rings. The van der Waals surface area contributed by atoms with Gasteiger partial charge in [0, 0.05) is 0 Å². The lowest BCUT2D eigenvalue weighted by Crippen LogP contribution is -1.88. The summed E-state index contributed by atoms with van der Waals surface area (Å²) in [6.45, 7) is 3.98. The number of rotatable bonds is 4. The Morgan fingerprint density at radius 1 is 0.462 bits per heavy atom. The minimum Gasteiger partial charge on any atom is -0.0984 e. The first-order valence-electron chi connectivity index (χ1n) is 8.83. The Labute approximate surface area is 155 Å². The van der Waals surface area contributed by atoms with Crippen LogP contribution in [-0.2, 0) is 0 Å². The van der Waals surface area contributed by atoms with Crippen molar-refractivity contribution in [2.45, 2.75) is 0 Å². The topological polar surface area (TPSA) is 0 Å². The van der Waals surface area contributed by atoms with Crippen LogP contribution in [0.2, 0.25) is 0 Å². The van der Waals surface area contributed by atoms with Crippen molar-refractivity contribution in [1.29, 1.82) is 0 Å². The Hall–Kier alpha value is -3.38. The van der Waals surface area contributed by atoms with Gasteiger partial charge in [-0.3, -0.25) is 0 Å². The highest BCUT2D eigenvalue weighted by molar-refractivity contribution is 5.87. The van der Waals surface area contributed by atoms with Crippen LogP contribution >= 0.6 is 0 Å². The van der Waals surface area contributed by atoms with Gasteiger partial charge in [-0.25, -0.2) is 0 Å². The zero-order chi connectivity index (χ0) is 17.8. The van der Waals surface area contributed by atoms with E-state index in [1.54, 1.807) is 0 Å². The SMILES string of the molecule is C=Cc1ccc(-c2ccccc2-c2ccccc2)cc1-c1ccccc1. The predicted molar refractivity (Wildman–Crippen MR) is 113 cm³/mol. The van der Waals surface area contributed by atoms with Crippen LogP contribution in [0.4, 0.5) is 0 Å². The molecule has 26 heavy (non-hydrogen) atoms. The summed E-state index contributed by atoms with van der Waals surface area (Å²) in [7, 11) is 0. The highest BCUT2D eigenvalue weighted by Crippen LogP contribution is 2.35. The van der Waals surface area contributed by atoms with Crippen LogP contribution in [0.1, 0.15) is 5.56 Å². The maximum Gasteiger partial charge on any atom is -0.0105 e. The van der Waals surface area contributed by atoms with Crippen LogP contribution in [0.25, 0.3) is 39.5 Å². The molecule has 0 heterocycles. The Kier molecular flexibility index (Phi) is 4.49. The van der Waals surface area contributed by atoms with Gasteiger partial charge < -0.3 is 0 Å². The van der Waals surface area contributed by atoms with Crippen molar-refractivity contribution in [3.05, 3.63) is 115 Å². The summed E-state index contributed by atoms with van der Waals surface area (Å²) in [5, 5.41) is 0. The predicted octanol–water partition coefficient (Wildman–Crippen LogP) is 7.33. The third-order valence-electron chi connectivity index (χ3n) is 4.68. The van der Waals surface area contributed by atoms with Gasteiger partial charge in [0.1, 0.15) is 0 Å². The second-order valence-electron chi connectivity index (χ2n) is 6.28. The summed E-state index contributed by atoms with van der Waals surface area (Å²) in [6.07, 6.45) is 1.93. The fourth-order valence-electron chi connectivity index (χ4n) is 3.37. The van der Waals surface area contributed by atoms with E-state index in [1.807, 2.05) is 12.1 Å². The van der Waals surface area contributed by atoms with Gasteiger partial charge in [0.2, 0.25) is 0 Å². The van der Waals surface area contributed by atoms with Gasteiger partial charge in [0.05, 0.1) is 0 Å². The first kappa shape index (κ1) is 16.1. The molecule has 4 aromatic carbocycles. The molecule has 0 aliphatic carbocycles. The minimum absolute atomic E-state index is 1.15. The van der Waals surface area contributed by atoms with Crippen LogP contribution in [-0.4, -0.2) is 0 Å². The fraction of sp³-hybridized carbons (Fsp3) is 0. The molecular formula is C26H20.